The van der Waals surface area contributed by atoms with E-state index in [0.717, 1.165) is 10.7 Å². The van der Waals surface area contributed by atoms with Crippen LogP contribution in [0.1, 0.15) is 17.3 Å². The number of benzene rings is 1. The van der Waals surface area contributed by atoms with E-state index in [9.17, 15) is 4.79 Å². The topological polar surface area (TPSA) is 45.8 Å². The van der Waals surface area contributed by atoms with Crippen molar-refractivity contribution < 1.29 is 4.79 Å². The molecule has 1 N–H and O–H groups in total. The molecular formula is C12H12N2OS. The van der Waals surface area contributed by atoms with E-state index in [1.54, 1.807) is 12.4 Å². The van der Waals surface area contributed by atoms with Crippen molar-refractivity contribution in [2.75, 3.05) is 0 Å². The van der Waals surface area contributed by atoms with Gasteiger partial charge in [0.1, 0.15) is 0 Å². The first-order valence-electron chi connectivity index (χ1n) is 5.02. The minimum absolute atomic E-state index is 0.127. The molecule has 82 valence electrons. The van der Waals surface area contributed by atoms with Crippen LogP contribution in [0.3, 0.4) is 0 Å². The summed E-state index contributed by atoms with van der Waals surface area (Å²) in [5.41, 5.74) is 0.744. The van der Waals surface area contributed by atoms with E-state index >= 15 is 0 Å². The van der Waals surface area contributed by atoms with Gasteiger partial charge >= 0.3 is 0 Å². The largest absolute Gasteiger partial charge is 0.340 e. The molecule has 1 unspecified atom stereocenters. The highest BCUT2D eigenvalue weighted by Crippen LogP contribution is 2.21. The highest BCUT2D eigenvalue weighted by atomic mass is 32.2. The molecular weight excluding hydrogens is 220 g/mol. The fourth-order valence-electron chi connectivity index (χ4n) is 1.37. The lowest BCUT2D eigenvalue weighted by Crippen LogP contribution is -2.13. The molecule has 0 saturated carbocycles. The van der Waals surface area contributed by atoms with Gasteiger partial charge in [-0.2, -0.15) is 0 Å². The lowest BCUT2D eigenvalue weighted by Gasteiger charge is -2.07. The Morgan fingerprint density at radius 3 is 2.75 bits per heavy atom. The molecule has 0 spiro atoms. The second-order valence-corrected chi connectivity index (χ2v) is 4.71. The molecule has 1 atom stereocenters. The molecule has 1 aromatic carbocycles. The van der Waals surface area contributed by atoms with E-state index in [-0.39, 0.29) is 11.0 Å². The van der Waals surface area contributed by atoms with Crippen molar-refractivity contribution in [2.45, 2.75) is 17.3 Å². The van der Waals surface area contributed by atoms with Crippen molar-refractivity contribution in [3.63, 3.8) is 0 Å². The predicted octanol–water partition coefficient (Wildman–Crippen LogP) is 2.77. The summed E-state index contributed by atoms with van der Waals surface area (Å²) in [6.07, 6.45) is 3.43. The number of hydrogen-bond acceptors (Lipinski definition) is 3. The van der Waals surface area contributed by atoms with E-state index in [2.05, 4.69) is 9.97 Å². The second kappa shape index (κ2) is 4.99. The number of nitrogens with zero attached hydrogens (tertiary/aromatic N) is 1. The van der Waals surface area contributed by atoms with E-state index in [0.29, 0.717) is 0 Å². The number of ketones is 1. The zero-order chi connectivity index (χ0) is 11.4. The molecule has 4 heteroatoms. The van der Waals surface area contributed by atoms with E-state index in [1.807, 2.05) is 37.3 Å². The number of aromatic amines is 1. The van der Waals surface area contributed by atoms with Gasteiger partial charge in [0.2, 0.25) is 0 Å². The van der Waals surface area contributed by atoms with Crippen LogP contribution >= 0.6 is 11.8 Å². The number of thioether (sulfide) groups is 1. The lowest BCUT2D eigenvalue weighted by atomic mass is 10.1. The number of carbonyl (C=O) groups excluding carboxylic acids is 1. The molecule has 1 aromatic heterocycles. The Morgan fingerprint density at radius 2 is 2.12 bits per heavy atom. The van der Waals surface area contributed by atoms with Crippen LogP contribution in [0.4, 0.5) is 0 Å². The van der Waals surface area contributed by atoms with Gasteiger partial charge in [0.05, 0.1) is 5.25 Å². The average Bonchev–Trinajstić information content (AvgIpc) is 2.82. The normalized spacial score (nSPS) is 12.3. The molecule has 2 rings (SSSR count). The van der Waals surface area contributed by atoms with Crippen LogP contribution in [0, 0.1) is 0 Å². The van der Waals surface area contributed by atoms with E-state index in [4.69, 9.17) is 0 Å². The van der Waals surface area contributed by atoms with Gasteiger partial charge in [-0.05, 0) is 6.92 Å². The van der Waals surface area contributed by atoms with Crippen LogP contribution in [0.15, 0.2) is 47.9 Å². The van der Waals surface area contributed by atoms with Crippen LogP contribution in [0.5, 0.6) is 0 Å². The molecule has 0 aliphatic carbocycles. The fraction of sp³-hybridized carbons (Fsp3) is 0.167. The summed E-state index contributed by atoms with van der Waals surface area (Å²) in [7, 11) is 0. The maximum atomic E-state index is 12.0. The van der Waals surface area contributed by atoms with Gasteiger partial charge in [0.25, 0.3) is 0 Å². The van der Waals surface area contributed by atoms with Crippen LogP contribution in [0.2, 0.25) is 0 Å². The Hall–Kier alpha value is -1.55. The number of carbonyl (C=O) groups is 1. The summed E-state index contributed by atoms with van der Waals surface area (Å²) in [6, 6.07) is 9.32. The van der Waals surface area contributed by atoms with Crippen molar-refractivity contribution >= 4 is 17.5 Å². The smallest absolute Gasteiger partial charge is 0.175 e. The van der Waals surface area contributed by atoms with Gasteiger partial charge in [0.15, 0.2) is 10.9 Å². The summed E-state index contributed by atoms with van der Waals surface area (Å²) in [4.78, 5) is 19.1. The predicted molar refractivity (Wildman–Crippen MR) is 64.7 cm³/mol. The molecule has 0 saturated heterocycles. The molecule has 3 nitrogen and oxygen atoms in total. The van der Waals surface area contributed by atoms with Crippen LogP contribution in [0.25, 0.3) is 0 Å². The van der Waals surface area contributed by atoms with Crippen molar-refractivity contribution in [1.82, 2.24) is 9.97 Å². The Balaban J connectivity index is 2.05. The van der Waals surface area contributed by atoms with Crippen LogP contribution in [-0.4, -0.2) is 21.0 Å². The number of Topliss-reactive ketones (excluding diaryl/α,β-unsaturated/α-hetero) is 1. The molecule has 0 radical (unpaired) electrons. The first-order chi connectivity index (χ1) is 7.77. The van der Waals surface area contributed by atoms with Gasteiger partial charge in [-0.25, -0.2) is 4.98 Å². The number of nitrogens with one attached hydrogen (secondary N) is 1. The highest BCUT2D eigenvalue weighted by Gasteiger charge is 2.16. The summed E-state index contributed by atoms with van der Waals surface area (Å²) in [5, 5.41) is 0.644. The number of H-pyrrole nitrogens is 1. The fourth-order valence-corrected chi connectivity index (χ4v) is 2.21. The number of hydrogen-bond donors (Lipinski definition) is 1. The number of rotatable bonds is 4. The first kappa shape index (κ1) is 11.0. The molecule has 16 heavy (non-hydrogen) atoms. The maximum absolute atomic E-state index is 12.0. The minimum Gasteiger partial charge on any atom is -0.340 e. The van der Waals surface area contributed by atoms with Gasteiger partial charge in [-0.1, -0.05) is 42.1 Å². The number of imidazole rings is 1. The Morgan fingerprint density at radius 1 is 1.38 bits per heavy atom. The van der Waals surface area contributed by atoms with Crippen molar-refractivity contribution in [2.24, 2.45) is 0 Å². The molecule has 0 aliphatic heterocycles. The summed E-state index contributed by atoms with van der Waals surface area (Å²) < 4.78 is 0. The Labute approximate surface area is 98.3 Å². The van der Waals surface area contributed by atoms with Gasteiger partial charge in [-0.3, -0.25) is 4.79 Å². The summed E-state index contributed by atoms with van der Waals surface area (Å²) in [6.45, 7) is 1.89. The summed E-state index contributed by atoms with van der Waals surface area (Å²) >= 11 is 1.44. The monoisotopic (exact) mass is 232 g/mol. The molecule has 1 heterocycles. The Bertz CT molecular complexity index is 453. The third-order valence-corrected chi connectivity index (χ3v) is 3.20. The van der Waals surface area contributed by atoms with Gasteiger partial charge < -0.3 is 4.98 Å². The maximum Gasteiger partial charge on any atom is 0.175 e. The van der Waals surface area contributed by atoms with E-state index in [1.165, 1.54) is 11.8 Å². The van der Waals surface area contributed by atoms with Gasteiger partial charge in [-0.15, -0.1) is 0 Å². The molecule has 0 bridgehead atoms. The zero-order valence-corrected chi connectivity index (χ0v) is 9.70. The van der Waals surface area contributed by atoms with E-state index < -0.39 is 0 Å². The average molecular weight is 232 g/mol. The molecule has 2 aromatic rings. The zero-order valence-electron chi connectivity index (χ0n) is 8.88. The van der Waals surface area contributed by atoms with Crippen molar-refractivity contribution in [3.05, 3.63) is 48.3 Å². The third kappa shape index (κ3) is 2.52. The molecule has 0 fully saturated rings. The SMILES string of the molecule is CC(Sc1ncc[nH]1)C(=O)c1ccccc1. The Kier molecular flexibility index (Phi) is 3.41. The first-order valence-corrected chi connectivity index (χ1v) is 5.90. The standard InChI is InChI=1S/C12H12N2OS/c1-9(16-12-13-7-8-14-12)11(15)10-5-3-2-4-6-10/h2-9H,1H3,(H,13,14). The van der Waals surface area contributed by atoms with Crippen molar-refractivity contribution in [1.29, 1.82) is 0 Å². The quantitative estimate of drug-likeness (QED) is 0.651. The molecule has 0 amide bonds. The third-order valence-electron chi connectivity index (χ3n) is 2.19. The minimum atomic E-state index is -0.131. The lowest BCUT2D eigenvalue weighted by molar-refractivity contribution is 0.0994. The summed E-state index contributed by atoms with van der Waals surface area (Å²) in [5.74, 6) is 0.127. The molecule has 0 aliphatic rings. The second-order valence-electron chi connectivity index (χ2n) is 3.38. The number of aromatic nitrogens is 2. The van der Waals surface area contributed by atoms with Crippen LogP contribution < -0.4 is 0 Å². The van der Waals surface area contributed by atoms with Crippen molar-refractivity contribution in [3.8, 4) is 0 Å². The highest BCUT2D eigenvalue weighted by molar-refractivity contribution is 8.00. The van der Waals surface area contributed by atoms with Crippen LogP contribution in [-0.2, 0) is 0 Å². The van der Waals surface area contributed by atoms with Gasteiger partial charge in [0, 0.05) is 18.0 Å².